The molecule has 3 aliphatic rings. The number of hydrogen-bond acceptors (Lipinski definition) is 17. The Morgan fingerprint density at radius 3 is 1.88 bits per heavy atom. The summed E-state index contributed by atoms with van der Waals surface area (Å²) in [5.41, 5.74) is 1.16. The van der Waals surface area contributed by atoms with E-state index in [0.717, 1.165) is 25.0 Å². The van der Waals surface area contributed by atoms with E-state index in [0.29, 0.717) is 65.4 Å². The maximum atomic E-state index is 12.5. The first kappa shape index (κ1) is 66.9. The number of ether oxygens (including phenoxy) is 1. The zero-order valence-corrected chi connectivity index (χ0v) is 51.3. The van der Waals surface area contributed by atoms with Crippen LogP contribution in [0.4, 0.5) is 11.4 Å². The second kappa shape index (κ2) is 27.9. The van der Waals surface area contributed by atoms with Crippen LogP contribution in [-0.2, 0) is 70.4 Å². The molecule has 382 valence electrons. The van der Waals surface area contributed by atoms with Crippen LogP contribution in [0.3, 0.4) is 0 Å². The van der Waals surface area contributed by atoms with Crippen LogP contribution < -0.4 is 98.9 Å². The van der Waals surface area contributed by atoms with Crippen molar-refractivity contribution in [3.63, 3.8) is 0 Å². The Labute approximate surface area is 494 Å². The second-order valence-corrected chi connectivity index (χ2v) is 23.6. The van der Waals surface area contributed by atoms with Gasteiger partial charge in [0.2, 0.25) is 11.6 Å². The van der Waals surface area contributed by atoms with Gasteiger partial charge in [-0.3, -0.25) is 19.3 Å². The van der Waals surface area contributed by atoms with E-state index >= 15 is 0 Å². The zero-order chi connectivity index (χ0) is 51.9. The maximum absolute atomic E-state index is 12.5. The number of carbonyl (C=O) groups excluding carboxylic acids is 3. The number of fused-ring (bicyclic) bond motifs is 2. The summed E-state index contributed by atoms with van der Waals surface area (Å²) >= 11 is 0. The molecule has 0 fully saturated rings. The first-order valence-corrected chi connectivity index (χ1v) is 28.1. The SMILES string of the molecule is CC1(C)C(=CC=CC(=CC=CC2=[N+](CCS(=O)(=O)[O-])c3ccc(S(=O)(=O)[O-])cc3C2(C)C)CCOCCC(=O)NCCCCCCN2C(=O)C=CC2=O)N(CCS(=O)(=O)[O-])c2ccc(S(=O)(=O)[O-])cc21.[Na+].[Na+].[Na+]. The molecule has 0 spiro atoms. The van der Waals surface area contributed by atoms with Gasteiger partial charge in [0.25, 0.3) is 11.8 Å². The van der Waals surface area contributed by atoms with Crippen molar-refractivity contribution in [2.75, 3.05) is 55.8 Å². The Hall–Kier alpha value is -2.18. The minimum absolute atomic E-state index is 0. The molecule has 5 rings (SSSR count). The van der Waals surface area contributed by atoms with E-state index in [2.05, 4.69) is 5.32 Å². The minimum Gasteiger partial charge on any atom is -0.748 e. The standard InChI is InChI=1S/C46H58N4O16S4.3Na/c1-45(2)36-31-34(69(60,61)62)15-17-38(36)48(25-29-67(54,55)56)40(45)13-9-11-33(21-27-66-28-22-42(51)47-23-7-5-6-8-24-50-43(52)19-20-44(50)53)12-10-14-41-46(3,4)37-32-35(70(63,64)65)16-18-39(37)49(41)26-30-68(57,58)59;;;/h9-20,31-32H,5-8,21-30H2,1-4H3,(H4-,47,51,54,55,56,57,58,59,60,61,62,63,64,65);;;/q;3*+1/p-3. The third kappa shape index (κ3) is 18.8. The molecule has 0 saturated heterocycles. The topological polar surface area (TPSA) is 311 Å². The average molecular weight is 1120 g/mol. The average Bonchev–Trinajstić information content (AvgIpc) is 3.77. The third-order valence-electron chi connectivity index (χ3n) is 12.1. The molecule has 20 nitrogen and oxygen atoms in total. The fraction of sp³-hybridized carbons (Fsp3) is 0.435. The van der Waals surface area contributed by atoms with E-state index < -0.39 is 72.6 Å². The number of benzene rings is 2. The van der Waals surface area contributed by atoms with Gasteiger partial charge in [-0.25, -0.2) is 33.7 Å². The second-order valence-electron chi connectivity index (χ2n) is 17.8. The van der Waals surface area contributed by atoms with Crippen molar-refractivity contribution in [1.29, 1.82) is 0 Å². The predicted octanol–water partition coefficient (Wildman–Crippen LogP) is -5.91. The Morgan fingerprint density at radius 2 is 1.27 bits per heavy atom. The molecule has 27 heteroatoms. The summed E-state index contributed by atoms with van der Waals surface area (Å²) in [5, 5.41) is 2.84. The van der Waals surface area contributed by atoms with Crippen LogP contribution in [-0.4, -0.2) is 136 Å². The number of nitrogens with one attached hydrogen (secondary N) is 1. The molecule has 0 saturated carbocycles. The number of hydrogen-bond donors (Lipinski definition) is 1. The molecule has 1 N–H and O–H groups in total. The normalized spacial score (nSPS) is 17.0. The van der Waals surface area contributed by atoms with Crippen molar-refractivity contribution in [2.24, 2.45) is 0 Å². The van der Waals surface area contributed by atoms with Crippen LogP contribution in [0.1, 0.15) is 77.3 Å². The van der Waals surface area contributed by atoms with Crippen LogP contribution in [0.2, 0.25) is 0 Å². The van der Waals surface area contributed by atoms with E-state index in [1.807, 2.05) is 0 Å². The molecular weight excluding hydrogens is 1060 g/mol. The Kier molecular flexibility index (Phi) is 25.6. The van der Waals surface area contributed by atoms with Crippen LogP contribution in [0.5, 0.6) is 0 Å². The van der Waals surface area contributed by atoms with Crippen LogP contribution in [0.15, 0.2) is 106 Å². The molecule has 0 radical (unpaired) electrons. The largest absolute Gasteiger partial charge is 1.00 e. The van der Waals surface area contributed by atoms with Gasteiger partial charge in [0.15, 0.2) is 12.3 Å². The zero-order valence-electron chi connectivity index (χ0n) is 42.0. The molecule has 73 heavy (non-hydrogen) atoms. The number of imide groups is 1. The number of carbonyl (C=O) groups is 3. The van der Waals surface area contributed by atoms with E-state index in [9.17, 15) is 66.3 Å². The third-order valence-corrected chi connectivity index (χ3v) is 15.1. The molecule has 0 atom stereocenters. The number of anilines is 1. The van der Waals surface area contributed by atoms with Gasteiger partial charge in [-0.1, -0.05) is 51.0 Å². The number of nitrogens with zero attached hydrogens (tertiary/aromatic N) is 3. The molecule has 0 aromatic heterocycles. The van der Waals surface area contributed by atoms with Crippen LogP contribution in [0, 0.1) is 0 Å². The number of rotatable bonds is 25. The molecule has 0 bridgehead atoms. The van der Waals surface area contributed by atoms with Gasteiger partial charge in [-0.2, -0.15) is 4.58 Å². The van der Waals surface area contributed by atoms with Crippen LogP contribution >= 0.6 is 0 Å². The van der Waals surface area contributed by atoms with Gasteiger partial charge in [-0.15, -0.1) is 0 Å². The summed E-state index contributed by atoms with van der Waals surface area (Å²) < 4.78 is 150. The maximum Gasteiger partial charge on any atom is 1.00 e. The fourth-order valence-electron chi connectivity index (χ4n) is 8.43. The van der Waals surface area contributed by atoms with Gasteiger partial charge in [0.1, 0.15) is 30.4 Å². The first-order valence-electron chi connectivity index (χ1n) is 22.2. The summed E-state index contributed by atoms with van der Waals surface area (Å²) in [6.07, 6.45) is 15.7. The van der Waals surface area contributed by atoms with E-state index in [4.69, 9.17) is 4.74 Å². The Morgan fingerprint density at radius 1 is 0.699 bits per heavy atom. The van der Waals surface area contributed by atoms with Gasteiger partial charge in [-0.05, 0) is 80.7 Å². The van der Waals surface area contributed by atoms with Crippen molar-refractivity contribution < 1.29 is 164 Å². The Balaban J connectivity index is 0.00000608. The molecule has 2 aromatic rings. The van der Waals surface area contributed by atoms with Crippen molar-refractivity contribution in [3.8, 4) is 0 Å². The summed E-state index contributed by atoms with van der Waals surface area (Å²) in [6, 6.07) is 7.39. The summed E-state index contributed by atoms with van der Waals surface area (Å²) in [4.78, 5) is 37.7. The summed E-state index contributed by atoms with van der Waals surface area (Å²) in [5.74, 6) is -2.45. The molecule has 0 unspecified atom stereocenters. The van der Waals surface area contributed by atoms with E-state index in [1.165, 1.54) is 41.3 Å². The Bertz CT molecular complexity index is 3020. The van der Waals surface area contributed by atoms with Gasteiger partial charge in [0, 0.05) is 72.7 Å². The molecule has 3 aliphatic heterocycles. The molecule has 3 amide bonds. The number of allylic oxidation sites excluding steroid dienone is 7. The quantitative estimate of drug-likeness (QED) is 0.0242. The summed E-state index contributed by atoms with van der Waals surface area (Å²) in [6.45, 7) is 7.34. The van der Waals surface area contributed by atoms with Crippen molar-refractivity contribution >= 4 is 75.3 Å². The van der Waals surface area contributed by atoms with Crippen molar-refractivity contribution in [3.05, 3.63) is 107 Å². The monoisotopic (exact) mass is 1120 g/mol. The van der Waals surface area contributed by atoms with Gasteiger partial charge >= 0.3 is 88.7 Å². The minimum atomic E-state index is -4.86. The number of unbranched alkanes of at least 4 members (excludes halogenated alkanes) is 3. The van der Waals surface area contributed by atoms with E-state index in [-0.39, 0.29) is 146 Å². The molecular formula is C46H55N4Na3O16S4. The fourth-order valence-corrected chi connectivity index (χ4v) is 10.2. The van der Waals surface area contributed by atoms with Gasteiger partial charge < -0.3 is 33.2 Å². The smallest absolute Gasteiger partial charge is 0.748 e. The first-order chi connectivity index (χ1) is 32.5. The van der Waals surface area contributed by atoms with Crippen LogP contribution in [0.25, 0.3) is 0 Å². The van der Waals surface area contributed by atoms with Crippen molar-refractivity contribution in [1.82, 2.24) is 10.2 Å². The van der Waals surface area contributed by atoms with Gasteiger partial charge in [0.05, 0.1) is 50.0 Å². The molecule has 0 aliphatic carbocycles. The molecule has 2 aromatic carbocycles. The van der Waals surface area contributed by atoms with Crippen molar-refractivity contribution in [2.45, 2.75) is 86.8 Å². The predicted molar refractivity (Wildman–Crippen MR) is 253 cm³/mol. The summed E-state index contributed by atoms with van der Waals surface area (Å²) in [7, 11) is -19.1. The molecule has 3 heterocycles. The van der Waals surface area contributed by atoms with E-state index in [1.54, 1.807) is 73.6 Å². The number of amides is 3.